The van der Waals surface area contributed by atoms with E-state index in [0.717, 1.165) is 23.9 Å². The average molecular weight is 657 g/mol. The van der Waals surface area contributed by atoms with E-state index in [1.54, 1.807) is 4.90 Å². The van der Waals surface area contributed by atoms with E-state index in [9.17, 15) is 19.2 Å². The van der Waals surface area contributed by atoms with Crippen LogP contribution in [0.15, 0.2) is 18.3 Å². The third kappa shape index (κ3) is 9.16. The second-order valence-corrected chi connectivity index (χ2v) is 13.6. The Balaban J connectivity index is 1.35. The van der Waals surface area contributed by atoms with Crippen molar-refractivity contribution in [1.29, 1.82) is 0 Å². The molecule has 2 amide bonds. The van der Waals surface area contributed by atoms with Crippen LogP contribution in [0.1, 0.15) is 76.6 Å². The molecular formula is C34H52N6O7. The number of hydrogen-bond acceptors (Lipinski definition) is 9. The number of carboxylic acid groups (broad SMARTS) is 1. The van der Waals surface area contributed by atoms with E-state index in [1.165, 1.54) is 11.3 Å². The van der Waals surface area contributed by atoms with Gasteiger partial charge >= 0.3 is 5.97 Å². The number of aryl methyl sites for hydroxylation is 1. The molecule has 1 atom stereocenters. The maximum absolute atomic E-state index is 13.5. The Morgan fingerprint density at radius 3 is 2.40 bits per heavy atom. The average Bonchev–Trinajstić information content (AvgIpc) is 3.33. The third-order valence-corrected chi connectivity index (χ3v) is 9.27. The lowest BCUT2D eigenvalue weighted by Gasteiger charge is -2.46. The third-order valence-electron chi connectivity index (χ3n) is 9.27. The Morgan fingerprint density at radius 1 is 1.04 bits per heavy atom. The minimum atomic E-state index is -0.913. The molecule has 47 heavy (non-hydrogen) atoms. The van der Waals surface area contributed by atoms with Gasteiger partial charge in [-0.25, -0.2) is 15.0 Å². The van der Waals surface area contributed by atoms with Gasteiger partial charge in [0.05, 0.1) is 45.4 Å². The summed E-state index contributed by atoms with van der Waals surface area (Å²) in [6.07, 6.45) is 4.50. The summed E-state index contributed by atoms with van der Waals surface area (Å²) in [6.45, 7) is 10.6. The zero-order valence-corrected chi connectivity index (χ0v) is 28.7. The van der Waals surface area contributed by atoms with Crippen LogP contribution >= 0.6 is 0 Å². The molecular weight excluding hydrogens is 604 g/mol. The molecule has 4 rings (SSSR count). The van der Waals surface area contributed by atoms with E-state index in [-0.39, 0.29) is 61.8 Å². The Hall–Kier alpha value is -3.39. The normalized spacial score (nSPS) is 18.0. The number of aliphatic carboxylic acids is 1. The van der Waals surface area contributed by atoms with Crippen molar-refractivity contribution in [3.8, 4) is 0 Å². The number of carbonyl (C=O) groups excluding carboxylic acids is 3. The summed E-state index contributed by atoms with van der Waals surface area (Å²) in [5, 5.41) is 14.4. The lowest BCUT2D eigenvalue weighted by molar-refractivity contribution is -0.139. The number of carbonyl (C=O) groups is 4. The number of aldehydes is 1. The fourth-order valence-electron chi connectivity index (χ4n) is 6.95. The Kier molecular flexibility index (Phi) is 12.9. The van der Waals surface area contributed by atoms with Gasteiger partial charge in [0, 0.05) is 88.4 Å². The van der Waals surface area contributed by atoms with Gasteiger partial charge in [-0.15, -0.1) is 0 Å². The topological polar surface area (TPSA) is 138 Å². The molecule has 1 unspecified atom stereocenters. The van der Waals surface area contributed by atoms with Crippen molar-refractivity contribution in [3.05, 3.63) is 29.6 Å². The molecule has 0 spiro atoms. The molecule has 0 radical (unpaired) electrons. The molecule has 4 heterocycles. The minimum Gasteiger partial charge on any atom is -0.481 e. The van der Waals surface area contributed by atoms with Crippen LogP contribution in [0.25, 0.3) is 11.0 Å². The second kappa shape index (κ2) is 16.6. The van der Waals surface area contributed by atoms with E-state index >= 15 is 0 Å². The largest absolute Gasteiger partial charge is 0.481 e. The van der Waals surface area contributed by atoms with Crippen LogP contribution in [0.2, 0.25) is 0 Å². The lowest BCUT2D eigenvalue weighted by Crippen LogP contribution is -2.50. The van der Waals surface area contributed by atoms with Crippen LogP contribution < -0.4 is 0 Å². The minimum absolute atomic E-state index is 0.0142. The quantitative estimate of drug-likeness (QED) is 0.212. The first-order valence-corrected chi connectivity index (χ1v) is 16.7. The monoisotopic (exact) mass is 656 g/mol. The molecule has 13 nitrogen and oxygen atoms in total. The molecule has 0 aromatic carbocycles. The van der Waals surface area contributed by atoms with Gasteiger partial charge in [-0.3, -0.25) is 14.4 Å². The number of nitrogens with zero attached hydrogens (tertiary/aromatic N) is 6. The van der Waals surface area contributed by atoms with Crippen LogP contribution in [0.5, 0.6) is 0 Å². The number of carboxylic acids is 1. The predicted octanol–water partition coefficient (Wildman–Crippen LogP) is 3.11. The summed E-state index contributed by atoms with van der Waals surface area (Å²) >= 11 is 0. The van der Waals surface area contributed by atoms with Crippen LogP contribution in [-0.2, 0) is 41.7 Å². The van der Waals surface area contributed by atoms with Crippen molar-refractivity contribution in [3.63, 3.8) is 0 Å². The predicted molar refractivity (Wildman–Crippen MR) is 176 cm³/mol. The number of amides is 2. The fourth-order valence-corrected chi connectivity index (χ4v) is 6.95. The number of likely N-dealkylation sites (tertiary alicyclic amines) is 1. The zero-order valence-electron chi connectivity index (χ0n) is 28.7. The standard InChI is InChI=1S/C34H52N6O7/c1-34(2,3)32-31-26-8-6-14-35-33(26)40(27(31)24-36(4)37(32)5)17-12-28(42)38-15-10-25(11-16-38)39(29(43)9-7-19-41)18-21-47-23-22-46-20-13-30(44)45/h6,8,14,19,25,32H,7,9-13,15-18,20-24H2,1-5H3,(H,44,45). The summed E-state index contributed by atoms with van der Waals surface area (Å²) in [4.78, 5) is 56.5. The number of aromatic nitrogens is 2. The van der Waals surface area contributed by atoms with Gasteiger partial charge in [-0.1, -0.05) is 20.8 Å². The first kappa shape index (κ1) is 36.4. The number of fused-ring (bicyclic) bond motifs is 3. The molecule has 2 aliphatic rings. The summed E-state index contributed by atoms with van der Waals surface area (Å²) in [6, 6.07) is 4.25. The zero-order chi connectivity index (χ0) is 34.1. The van der Waals surface area contributed by atoms with Crippen LogP contribution in [0.3, 0.4) is 0 Å². The highest BCUT2D eigenvalue weighted by Gasteiger charge is 2.40. The highest BCUT2D eigenvalue weighted by molar-refractivity contribution is 5.84. The van der Waals surface area contributed by atoms with Gasteiger partial charge in [-0.05, 0) is 30.4 Å². The fraction of sp³-hybridized carbons (Fsp3) is 0.676. The Labute approximate surface area is 277 Å². The van der Waals surface area contributed by atoms with E-state index in [2.05, 4.69) is 55.5 Å². The number of pyridine rings is 1. The molecule has 2 aromatic rings. The number of rotatable bonds is 16. The van der Waals surface area contributed by atoms with Crippen LogP contribution in [-0.4, -0.2) is 125 Å². The molecule has 2 aromatic heterocycles. The molecule has 0 saturated carbocycles. The number of ether oxygens (including phenoxy) is 2. The van der Waals surface area contributed by atoms with Crippen molar-refractivity contribution < 1.29 is 33.8 Å². The Bertz CT molecular complexity index is 1380. The summed E-state index contributed by atoms with van der Waals surface area (Å²) < 4.78 is 13.1. The van der Waals surface area contributed by atoms with E-state index in [0.29, 0.717) is 58.7 Å². The smallest absolute Gasteiger partial charge is 0.305 e. The molecule has 0 aliphatic carbocycles. The molecule has 1 saturated heterocycles. The lowest BCUT2D eigenvalue weighted by atomic mass is 9.80. The summed E-state index contributed by atoms with van der Waals surface area (Å²) in [5.74, 6) is -0.915. The highest BCUT2D eigenvalue weighted by atomic mass is 16.5. The van der Waals surface area contributed by atoms with Crippen molar-refractivity contribution in [1.82, 2.24) is 29.4 Å². The number of hydrazine groups is 1. The van der Waals surface area contributed by atoms with Crippen molar-refractivity contribution in [2.24, 2.45) is 5.41 Å². The van der Waals surface area contributed by atoms with E-state index < -0.39 is 5.97 Å². The van der Waals surface area contributed by atoms with Gasteiger partial charge in [0.1, 0.15) is 11.9 Å². The molecule has 2 aliphatic heterocycles. The molecule has 260 valence electrons. The van der Waals surface area contributed by atoms with Gasteiger partial charge in [-0.2, -0.15) is 0 Å². The second-order valence-electron chi connectivity index (χ2n) is 13.6. The summed E-state index contributed by atoms with van der Waals surface area (Å²) in [7, 11) is 4.24. The van der Waals surface area contributed by atoms with Crippen molar-refractivity contribution in [2.45, 2.75) is 84.5 Å². The van der Waals surface area contributed by atoms with E-state index in [4.69, 9.17) is 19.6 Å². The number of piperidine rings is 1. The highest BCUT2D eigenvalue weighted by Crippen LogP contribution is 2.46. The van der Waals surface area contributed by atoms with Crippen LogP contribution in [0, 0.1) is 5.41 Å². The van der Waals surface area contributed by atoms with Gasteiger partial charge in [0.2, 0.25) is 11.8 Å². The summed E-state index contributed by atoms with van der Waals surface area (Å²) in [5.41, 5.74) is 3.41. The first-order valence-electron chi connectivity index (χ1n) is 16.7. The molecule has 1 N–H and O–H groups in total. The van der Waals surface area contributed by atoms with Gasteiger partial charge < -0.3 is 33.7 Å². The maximum Gasteiger partial charge on any atom is 0.305 e. The Morgan fingerprint density at radius 2 is 1.74 bits per heavy atom. The first-order chi connectivity index (χ1) is 22.4. The van der Waals surface area contributed by atoms with Crippen molar-refractivity contribution >= 4 is 35.1 Å². The SMILES string of the molecule is CN1Cc2c(c3cccnc3n2CCC(=O)N2CCC(N(CCOCCOCCC(=O)O)C(=O)CCC=O)CC2)C(C(C)(C)C)N1C. The molecule has 1 fully saturated rings. The van der Waals surface area contributed by atoms with Crippen LogP contribution in [0.4, 0.5) is 0 Å². The molecule has 13 heteroatoms. The number of hydrogen-bond donors (Lipinski definition) is 1. The van der Waals surface area contributed by atoms with Gasteiger partial charge in [0.25, 0.3) is 0 Å². The molecule has 0 bridgehead atoms. The van der Waals surface area contributed by atoms with E-state index in [1.807, 2.05) is 17.2 Å². The maximum atomic E-state index is 13.5. The van der Waals surface area contributed by atoms with Gasteiger partial charge in [0.15, 0.2) is 0 Å². The van der Waals surface area contributed by atoms with Crippen molar-refractivity contribution in [2.75, 3.05) is 60.2 Å².